The van der Waals surface area contributed by atoms with E-state index in [9.17, 15) is 4.79 Å². The Hall–Kier alpha value is -0.830. The number of aryl methyl sites for hydroxylation is 1. The maximum atomic E-state index is 12.3. The zero-order valence-electron chi connectivity index (χ0n) is 11.0. The number of amides is 1. The molecule has 1 aliphatic rings. The summed E-state index contributed by atoms with van der Waals surface area (Å²) < 4.78 is 0. The summed E-state index contributed by atoms with van der Waals surface area (Å²) in [5, 5.41) is 0. The van der Waals surface area contributed by atoms with Crippen molar-refractivity contribution in [2.75, 3.05) is 0 Å². The predicted octanol–water partition coefficient (Wildman–Crippen LogP) is 3.66. The highest BCUT2D eigenvalue weighted by molar-refractivity contribution is 9.10. The molecule has 2 rings (SSSR count). The molecule has 1 fully saturated rings. The molecule has 0 heterocycles. The van der Waals surface area contributed by atoms with E-state index < -0.39 is 0 Å². The number of halogens is 1. The Morgan fingerprint density at radius 3 is 2.78 bits per heavy atom. The highest BCUT2D eigenvalue weighted by Gasteiger charge is 2.34. The molecule has 0 bridgehead atoms. The number of benzene rings is 1. The van der Waals surface area contributed by atoms with Crippen molar-refractivity contribution in [3.8, 4) is 0 Å². The van der Waals surface area contributed by atoms with E-state index in [4.69, 9.17) is 0 Å². The molecule has 0 aromatic heterocycles. The molecule has 1 atom stereocenters. The minimum Gasteiger partial charge on any atom is -0.334 e. The molecule has 18 heavy (non-hydrogen) atoms. The van der Waals surface area contributed by atoms with E-state index in [1.54, 1.807) is 0 Å². The molecule has 0 spiro atoms. The summed E-state index contributed by atoms with van der Waals surface area (Å²) in [5.74, 6) is 0.238. The fraction of sp³-hybridized carbons (Fsp3) is 0.533. The van der Waals surface area contributed by atoms with Crippen LogP contribution in [-0.4, -0.2) is 21.7 Å². The second-order valence-electron chi connectivity index (χ2n) is 5.06. The average molecular weight is 310 g/mol. The van der Waals surface area contributed by atoms with Gasteiger partial charge < -0.3 is 4.90 Å². The number of alkyl halides is 1. The lowest BCUT2D eigenvalue weighted by Crippen LogP contribution is -2.37. The van der Waals surface area contributed by atoms with Crippen molar-refractivity contribution < 1.29 is 4.79 Å². The van der Waals surface area contributed by atoms with Crippen molar-refractivity contribution in [3.63, 3.8) is 0 Å². The van der Waals surface area contributed by atoms with Crippen LogP contribution in [0.15, 0.2) is 24.3 Å². The number of carbonyl (C=O) groups excluding carboxylic acids is 1. The second-order valence-corrected chi connectivity index (χ2v) is 6.17. The van der Waals surface area contributed by atoms with Crippen molar-refractivity contribution >= 4 is 21.8 Å². The first kappa shape index (κ1) is 13.6. The Labute approximate surface area is 117 Å². The van der Waals surface area contributed by atoms with Crippen LogP contribution in [0, 0.1) is 6.92 Å². The maximum Gasteiger partial charge on any atom is 0.236 e. The Kier molecular flexibility index (Phi) is 4.44. The zero-order valence-corrected chi connectivity index (χ0v) is 12.6. The normalized spacial score (nSPS) is 16.4. The summed E-state index contributed by atoms with van der Waals surface area (Å²) in [6.07, 6.45) is 3.15. The Morgan fingerprint density at radius 2 is 2.22 bits per heavy atom. The minimum absolute atomic E-state index is 0.0390. The van der Waals surface area contributed by atoms with Gasteiger partial charge in [-0.2, -0.15) is 0 Å². The van der Waals surface area contributed by atoms with Crippen LogP contribution in [0.2, 0.25) is 0 Å². The largest absolute Gasteiger partial charge is 0.334 e. The molecule has 0 N–H and O–H groups in total. The Bertz CT molecular complexity index is 428. The summed E-state index contributed by atoms with van der Waals surface area (Å²) in [5.41, 5.74) is 2.48. The van der Waals surface area contributed by atoms with E-state index >= 15 is 0 Å². The highest BCUT2D eigenvalue weighted by atomic mass is 79.9. The third kappa shape index (κ3) is 3.35. The van der Waals surface area contributed by atoms with Crippen LogP contribution in [0.1, 0.15) is 37.3 Å². The van der Waals surface area contributed by atoms with Gasteiger partial charge in [0.05, 0.1) is 4.83 Å². The Morgan fingerprint density at radius 1 is 1.50 bits per heavy atom. The molecule has 1 unspecified atom stereocenters. The Balaban J connectivity index is 2.09. The van der Waals surface area contributed by atoms with E-state index in [0.717, 1.165) is 25.8 Å². The lowest BCUT2D eigenvalue weighted by molar-refractivity contribution is -0.131. The van der Waals surface area contributed by atoms with Gasteiger partial charge in [0, 0.05) is 12.6 Å². The molecule has 1 aliphatic carbocycles. The van der Waals surface area contributed by atoms with Gasteiger partial charge in [-0.1, -0.05) is 52.7 Å². The molecule has 0 aliphatic heterocycles. The smallest absolute Gasteiger partial charge is 0.236 e. The highest BCUT2D eigenvalue weighted by Crippen LogP contribution is 2.30. The fourth-order valence-corrected chi connectivity index (χ4v) is 2.40. The maximum absolute atomic E-state index is 12.3. The third-order valence-electron chi connectivity index (χ3n) is 3.33. The summed E-state index contributed by atoms with van der Waals surface area (Å²) >= 11 is 3.48. The van der Waals surface area contributed by atoms with Gasteiger partial charge in [0.2, 0.25) is 5.91 Å². The predicted molar refractivity (Wildman–Crippen MR) is 77.8 cm³/mol. The summed E-state index contributed by atoms with van der Waals surface area (Å²) in [7, 11) is 0. The molecule has 1 aromatic carbocycles. The average Bonchev–Trinajstić information content (AvgIpc) is 3.18. The van der Waals surface area contributed by atoms with E-state index in [1.807, 2.05) is 11.8 Å². The van der Waals surface area contributed by atoms with Gasteiger partial charge in [-0.25, -0.2) is 0 Å². The van der Waals surface area contributed by atoms with Crippen LogP contribution in [-0.2, 0) is 11.3 Å². The van der Waals surface area contributed by atoms with E-state index in [2.05, 4.69) is 47.1 Å². The van der Waals surface area contributed by atoms with Gasteiger partial charge in [-0.05, 0) is 31.7 Å². The van der Waals surface area contributed by atoms with Gasteiger partial charge in [0.25, 0.3) is 0 Å². The van der Waals surface area contributed by atoms with E-state index in [-0.39, 0.29) is 10.7 Å². The number of hydrogen-bond acceptors (Lipinski definition) is 1. The minimum atomic E-state index is -0.0390. The van der Waals surface area contributed by atoms with Crippen molar-refractivity contribution in [1.29, 1.82) is 0 Å². The molecule has 1 aromatic rings. The zero-order chi connectivity index (χ0) is 13.1. The number of nitrogens with zero attached hydrogens (tertiary/aromatic N) is 1. The van der Waals surface area contributed by atoms with Crippen LogP contribution in [0.5, 0.6) is 0 Å². The first-order valence-corrected chi connectivity index (χ1v) is 7.53. The molecule has 0 radical (unpaired) electrons. The fourth-order valence-electron chi connectivity index (χ4n) is 2.13. The summed E-state index contributed by atoms with van der Waals surface area (Å²) in [6, 6.07) is 8.88. The molecule has 2 nitrogen and oxygen atoms in total. The van der Waals surface area contributed by atoms with Gasteiger partial charge in [-0.3, -0.25) is 4.79 Å². The van der Waals surface area contributed by atoms with Crippen molar-refractivity contribution in [1.82, 2.24) is 4.90 Å². The first-order chi connectivity index (χ1) is 8.61. The topological polar surface area (TPSA) is 20.3 Å². The monoisotopic (exact) mass is 309 g/mol. The third-order valence-corrected chi connectivity index (χ3v) is 4.37. The van der Waals surface area contributed by atoms with Gasteiger partial charge in [0.15, 0.2) is 0 Å². The number of rotatable bonds is 5. The van der Waals surface area contributed by atoms with Gasteiger partial charge in [-0.15, -0.1) is 0 Å². The van der Waals surface area contributed by atoms with Crippen LogP contribution in [0.25, 0.3) is 0 Å². The standard InChI is InChI=1S/C15H20BrNO/c1-3-14(16)15(18)17(13-7-8-13)10-12-6-4-5-11(2)9-12/h4-6,9,13-14H,3,7-8,10H2,1-2H3. The number of carbonyl (C=O) groups is 1. The second kappa shape index (κ2) is 5.87. The van der Waals surface area contributed by atoms with Crippen molar-refractivity contribution in [3.05, 3.63) is 35.4 Å². The van der Waals surface area contributed by atoms with Crippen molar-refractivity contribution in [2.24, 2.45) is 0 Å². The quantitative estimate of drug-likeness (QED) is 0.760. The summed E-state index contributed by atoms with van der Waals surface area (Å²) in [6.45, 7) is 4.87. The molecule has 1 saturated carbocycles. The van der Waals surface area contributed by atoms with Crippen LogP contribution >= 0.6 is 15.9 Å². The molecule has 1 amide bonds. The van der Waals surface area contributed by atoms with E-state index in [1.165, 1.54) is 11.1 Å². The van der Waals surface area contributed by atoms with E-state index in [0.29, 0.717) is 6.04 Å². The lowest BCUT2D eigenvalue weighted by Gasteiger charge is -2.25. The number of hydrogen-bond donors (Lipinski definition) is 0. The van der Waals surface area contributed by atoms with Crippen molar-refractivity contribution in [2.45, 2.75) is 50.5 Å². The molecular formula is C15H20BrNO. The van der Waals surface area contributed by atoms with Crippen LogP contribution in [0.3, 0.4) is 0 Å². The van der Waals surface area contributed by atoms with Gasteiger partial charge in [0.1, 0.15) is 0 Å². The molecule has 0 saturated heterocycles. The van der Waals surface area contributed by atoms with Gasteiger partial charge >= 0.3 is 0 Å². The molecule has 3 heteroatoms. The lowest BCUT2D eigenvalue weighted by atomic mass is 10.1. The van der Waals surface area contributed by atoms with Crippen LogP contribution < -0.4 is 0 Å². The summed E-state index contributed by atoms with van der Waals surface area (Å²) in [4.78, 5) is 14.3. The van der Waals surface area contributed by atoms with Crippen LogP contribution in [0.4, 0.5) is 0 Å². The molecular weight excluding hydrogens is 290 g/mol. The molecule has 98 valence electrons. The first-order valence-electron chi connectivity index (χ1n) is 6.62. The SMILES string of the molecule is CCC(Br)C(=O)N(Cc1cccc(C)c1)C1CC1.